The normalized spacial score (nSPS) is 10.8. The minimum atomic E-state index is 0.913. The van der Waals surface area contributed by atoms with E-state index in [0.717, 1.165) is 16.7 Å². The first-order valence-electron chi connectivity index (χ1n) is 5.11. The zero-order valence-corrected chi connectivity index (χ0v) is 8.91. The van der Waals surface area contributed by atoms with Gasteiger partial charge >= 0.3 is 0 Å². The van der Waals surface area contributed by atoms with Gasteiger partial charge in [-0.2, -0.15) is 0 Å². The van der Waals surface area contributed by atoms with Crippen LogP contribution in [0.3, 0.4) is 0 Å². The highest BCUT2D eigenvalue weighted by atomic mass is 15.4. The van der Waals surface area contributed by atoms with E-state index in [1.54, 1.807) is 0 Å². The van der Waals surface area contributed by atoms with Crippen LogP contribution in [0.25, 0.3) is 16.7 Å². The lowest BCUT2D eigenvalue weighted by Crippen LogP contribution is -2.26. The molecule has 3 rings (SSSR count). The molecule has 0 spiro atoms. The highest BCUT2D eigenvalue weighted by Crippen LogP contribution is 2.14. The van der Waals surface area contributed by atoms with Gasteiger partial charge < -0.3 is 0 Å². The van der Waals surface area contributed by atoms with Gasteiger partial charge in [-0.05, 0) is 12.1 Å². The lowest BCUT2D eigenvalue weighted by atomic mass is 10.3. The summed E-state index contributed by atoms with van der Waals surface area (Å²) >= 11 is 0. The van der Waals surface area contributed by atoms with Crippen molar-refractivity contribution in [2.24, 2.45) is 7.05 Å². The van der Waals surface area contributed by atoms with Gasteiger partial charge in [0.05, 0.1) is 11.2 Å². The zero-order chi connectivity index (χ0) is 11.0. The van der Waals surface area contributed by atoms with Gasteiger partial charge in [0.2, 0.25) is 0 Å². The van der Waals surface area contributed by atoms with Crippen LogP contribution in [-0.4, -0.2) is 15.0 Å². The molecule has 2 aromatic heterocycles. The van der Waals surface area contributed by atoms with E-state index in [1.807, 2.05) is 65.1 Å². The first-order valence-corrected chi connectivity index (χ1v) is 5.11. The lowest BCUT2D eigenvalue weighted by molar-refractivity contribution is -0.671. The minimum absolute atomic E-state index is 0.913. The van der Waals surface area contributed by atoms with E-state index in [1.165, 1.54) is 0 Å². The van der Waals surface area contributed by atoms with E-state index < -0.39 is 0 Å². The summed E-state index contributed by atoms with van der Waals surface area (Å²) in [4.78, 5) is 0. The molecule has 2 heterocycles. The minimum Gasteiger partial charge on any atom is -0.212 e. The van der Waals surface area contributed by atoms with E-state index in [2.05, 4.69) is 10.3 Å². The molecule has 0 radical (unpaired) electrons. The number of rotatable bonds is 1. The van der Waals surface area contributed by atoms with Crippen molar-refractivity contribution in [3.05, 3.63) is 48.8 Å². The van der Waals surface area contributed by atoms with Crippen molar-refractivity contribution < 1.29 is 4.57 Å². The van der Waals surface area contributed by atoms with Crippen LogP contribution in [-0.2, 0) is 7.05 Å². The van der Waals surface area contributed by atoms with E-state index in [4.69, 9.17) is 0 Å². The summed E-state index contributed by atoms with van der Waals surface area (Å²) in [5.41, 5.74) is 2.96. The highest BCUT2D eigenvalue weighted by molar-refractivity contribution is 5.75. The number of fused-ring (bicyclic) bond motifs is 1. The van der Waals surface area contributed by atoms with Gasteiger partial charge in [-0.1, -0.05) is 17.3 Å². The summed E-state index contributed by atoms with van der Waals surface area (Å²) in [6, 6.07) is 12.0. The van der Waals surface area contributed by atoms with Crippen molar-refractivity contribution in [3.63, 3.8) is 0 Å². The molecule has 4 nitrogen and oxygen atoms in total. The van der Waals surface area contributed by atoms with E-state index in [9.17, 15) is 0 Å². The molecule has 0 saturated carbocycles. The van der Waals surface area contributed by atoms with E-state index in [-0.39, 0.29) is 0 Å². The number of benzene rings is 1. The summed E-state index contributed by atoms with van der Waals surface area (Å²) in [6.07, 6.45) is 3.98. The number of para-hydroxylation sites is 1. The van der Waals surface area contributed by atoms with Crippen molar-refractivity contribution in [2.45, 2.75) is 0 Å². The molecule has 0 bridgehead atoms. The van der Waals surface area contributed by atoms with Gasteiger partial charge in [-0.25, -0.2) is 9.25 Å². The summed E-state index contributed by atoms with van der Waals surface area (Å²) < 4.78 is 3.83. The molecule has 0 aliphatic rings. The second-order valence-corrected chi connectivity index (χ2v) is 3.71. The topological polar surface area (TPSA) is 34.6 Å². The number of aromatic nitrogens is 4. The molecule has 0 N–H and O–H groups in total. The highest BCUT2D eigenvalue weighted by Gasteiger charge is 2.05. The first kappa shape index (κ1) is 9.03. The Morgan fingerprint density at radius 2 is 1.81 bits per heavy atom. The van der Waals surface area contributed by atoms with Crippen molar-refractivity contribution in [2.75, 3.05) is 0 Å². The third-order valence-corrected chi connectivity index (χ3v) is 2.56. The van der Waals surface area contributed by atoms with Crippen LogP contribution in [0, 0.1) is 0 Å². The molecule has 16 heavy (non-hydrogen) atoms. The number of pyridine rings is 1. The maximum absolute atomic E-state index is 4.15. The molecule has 0 atom stereocenters. The van der Waals surface area contributed by atoms with E-state index in [0.29, 0.717) is 0 Å². The molecular formula is C12H11N4+. The molecule has 4 heteroatoms. The molecule has 1 aromatic carbocycles. The fourth-order valence-electron chi connectivity index (χ4n) is 1.69. The maximum atomic E-state index is 4.15. The van der Waals surface area contributed by atoms with Gasteiger partial charge in [-0.3, -0.25) is 0 Å². The monoisotopic (exact) mass is 211 g/mol. The molecular weight excluding hydrogens is 200 g/mol. The molecule has 0 unspecified atom stereocenters. The van der Waals surface area contributed by atoms with Crippen LogP contribution in [0.2, 0.25) is 0 Å². The second-order valence-electron chi connectivity index (χ2n) is 3.71. The van der Waals surface area contributed by atoms with Crippen molar-refractivity contribution in [1.29, 1.82) is 0 Å². The quantitative estimate of drug-likeness (QED) is 0.568. The van der Waals surface area contributed by atoms with Crippen molar-refractivity contribution in [3.8, 4) is 5.69 Å². The average Bonchev–Trinajstić information content (AvgIpc) is 2.74. The standard InChI is InChI=1S/C12H11N4/c1-15-8-6-10(7-9-15)16-12-5-3-2-4-11(12)13-14-16/h2-9H,1H3/q+1. The number of hydrogen-bond acceptors (Lipinski definition) is 2. The first-order chi connectivity index (χ1) is 7.84. The Morgan fingerprint density at radius 3 is 2.62 bits per heavy atom. The summed E-state index contributed by atoms with van der Waals surface area (Å²) in [5, 5.41) is 8.28. The Balaban J connectivity index is 2.22. The maximum Gasteiger partial charge on any atom is 0.170 e. The molecule has 0 amide bonds. The Labute approximate surface area is 92.8 Å². The van der Waals surface area contributed by atoms with Gasteiger partial charge in [0.25, 0.3) is 0 Å². The summed E-state index contributed by atoms with van der Waals surface area (Å²) in [5.74, 6) is 0. The smallest absolute Gasteiger partial charge is 0.170 e. The second kappa shape index (κ2) is 3.41. The number of hydrogen-bond donors (Lipinski definition) is 0. The largest absolute Gasteiger partial charge is 0.212 e. The Morgan fingerprint density at radius 1 is 1.06 bits per heavy atom. The number of aryl methyl sites for hydroxylation is 1. The van der Waals surface area contributed by atoms with Crippen LogP contribution in [0.4, 0.5) is 0 Å². The fraction of sp³-hybridized carbons (Fsp3) is 0.0833. The molecule has 0 aliphatic carbocycles. The van der Waals surface area contributed by atoms with Crippen LogP contribution < -0.4 is 4.57 Å². The third kappa shape index (κ3) is 1.35. The Kier molecular flexibility index (Phi) is 1.93. The molecule has 0 aliphatic heterocycles. The van der Waals surface area contributed by atoms with Gasteiger partial charge in [-0.15, -0.1) is 5.10 Å². The summed E-state index contributed by atoms with van der Waals surface area (Å²) in [6.45, 7) is 0. The van der Waals surface area contributed by atoms with Crippen LogP contribution >= 0.6 is 0 Å². The Hall–Kier alpha value is -2.23. The zero-order valence-electron chi connectivity index (χ0n) is 8.91. The van der Waals surface area contributed by atoms with Crippen LogP contribution in [0.1, 0.15) is 0 Å². The summed E-state index contributed by atoms with van der Waals surface area (Å²) in [7, 11) is 1.99. The fourth-order valence-corrected chi connectivity index (χ4v) is 1.69. The predicted octanol–water partition coefficient (Wildman–Crippen LogP) is 1.24. The number of nitrogens with zero attached hydrogens (tertiary/aromatic N) is 4. The van der Waals surface area contributed by atoms with Gasteiger partial charge in [0, 0.05) is 12.1 Å². The predicted molar refractivity (Wildman–Crippen MR) is 60.0 cm³/mol. The van der Waals surface area contributed by atoms with Crippen LogP contribution in [0.5, 0.6) is 0 Å². The molecule has 78 valence electrons. The molecule has 0 saturated heterocycles. The molecule has 0 fully saturated rings. The third-order valence-electron chi connectivity index (χ3n) is 2.56. The van der Waals surface area contributed by atoms with Crippen molar-refractivity contribution >= 4 is 11.0 Å². The Bertz CT molecular complexity index is 625. The average molecular weight is 211 g/mol. The SMILES string of the molecule is C[n+]1ccc(-n2nnc3ccccc32)cc1. The van der Waals surface area contributed by atoms with E-state index >= 15 is 0 Å². The van der Waals surface area contributed by atoms with Gasteiger partial charge in [0.1, 0.15) is 12.6 Å². The van der Waals surface area contributed by atoms with Crippen molar-refractivity contribution in [1.82, 2.24) is 15.0 Å². The van der Waals surface area contributed by atoms with Crippen LogP contribution in [0.15, 0.2) is 48.8 Å². The lowest BCUT2D eigenvalue weighted by Gasteiger charge is -1.99. The van der Waals surface area contributed by atoms with Gasteiger partial charge in [0.15, 0.2) is 12.4 Å². The molecule has 3 aromatic rings.